The van der Waals surface area contributed by atoms with E-state index in [1.807, 2.05) is 44.1 Å². The maximum atomic E-state index is 12.7. The van der Waals surface area contributed by atoms with E-state index >= 15 is 0 Å². The molecule has 2 amide bonds. The molecule has 0 bridgehead atoms. The highest BCUT2D eigenvalue weighted by molar-refractivity contribution is 6.05. The van der Waals surface area contributed by atoms with Crippen LogP contribution in [0.1, 0.15) is 27.6 Å². The second kappa shape index (κ2) is 8.22. The van der Waals surface area contributed by atoms with E-state index in [0.717, 1.165) is 5.69 Å². The fourth-order valence-electron chi connectivity index (χ4n) is 3.04. The number of anilines is 2. The Morgan fingerprint density at radius 1 is 1.11 bits per heavy atom. The molecule has 1 fully saturated rings. The van der Waals surface area contributed by atoms with Crippen LogP contribution in [0.4, 0.5) is 11.4 Å². The van der Waals surface area contributed by atoms with Crippen molar-refractivity contribution in [3.8, 4) is 0 Å². The van der Waals surface area contributed by atoms with Gasteiger partial charge in [0, 0.05) is 49.7 Å². The number of hydrogen-bond donors (Lipinski definition) is 1. The number of ether oxygens (including phenoxy) is 1. The van der Waals surface area contributed by atoms with Crippen molar-refractivity contribution >= 4 is 23.2 Å². The zero-order valence-corrected chi connectivity index (χ0v) is 15.9. The SMILES string of the molecule is CC1CN(C(=O)c2cccc(NC(=O)c3cccc(N(C)C)c3)c2)CCO1. The third-order valence-electron chi connectivity index (χ3n) is 4.52. The largest absolute Gasteiger partial charge is 0.378 e. The molecule has 0 radical (unpaired) electrons. The molecule has 0 aliphatic carbocycles. The van der Waals surface area contributed by atoms with Gasteiger partial charge in [-0.2, -0.15) is 0 Å². The van der Waals surface area contributed by atoms with Gasteiger partial charge in [-0.25, -0.2) is 0 Å². The molecule has 1 unspecified atom stereocenters. The molecule has 1 aliphatic heterocycles. The molecule has 0 spiro atoms. The first kappa shape index (κ1) is 18.9. The second-order valence-corrected chi connectivity index (χ2v) is 6.91. The maximum Gasteiger partial charge on any atom is 0.255 e. The zero-order chi connectivity index (χ0) is 19.4. The van der Waals surface area contributed by atoms with Crippen LogP contribution in [0, 0.1) is 0 Å². The van der Waals surface area contributed by atoms with Crippen LogP contribution >= 0.6 is 0 Å². The van der Waals surface area contributed by atoms with Crippen LogP contribution in [0.2, 0.25) is 0 Å². The number of carbonyl (C=O) groups is 2. The van der Waals surface area contributed by atoms with E-state index in [4.69, 9.17) is 4.74 Å². The van der Waals surface area contributed by atoms with Gasteiger partial charge in [-0.1, -0.05) is 12.1 Å². The summed E-state index contributed by atoms with van der Waals surface area (Å²) < 4.78 is 5.49. The lowest BCUT2D eigenvalue weighted by Crippen LogP contribution is -2.44. The van der Waals surface area contributed by atoms with Crippen molar-refractivity contribution in [3.63, 3.8) is 0 Å². The number of nitrogens with one attached hydrogen (secondary N) is 1. The lowest BCUT2D eigenvalue weighted by atomic mass is 10.1. The second-order valence-electron chi connectivity index (χ2n) is 6.91. The van der Waals surface area contributed by atoms with Crippen LogP contribution < -0.4 is 10.2 Å². The van der Waals surface area contributed by atoms with Crippen LogP contribution in [-0.2, 0) is 4.74 Å². The molecule has 6 heteroatoms. The first-order valence-electron chi connectivity index (χ1n) is 9.04. The smallest absolute Gasteiger partial charge is 0.255 e. The molecule has 0 saturated carbocycles. The molecule has 6 nitrogen and oxygen atoms in total. The Morgan fingerprint density at radius 3 is 2.59 bits per heavy atom. The lowest BCUT2D eigenvalue weighted by molar-refractivity contribution is -0.0124. The first-order chi connectivity index (χ1) is 12.9. The van der Waals surface area contributed by atoms with Crippen molar-refractivity contribution in [3.05, 3.63) is 59.7 Å². The summed E-state index contributed by atoms with van der Waals surface area (Å²) in [5, 5.41) is 2.88. The summed E-state index contributed by atoms with van der Waals surface area (Å²) >= 11 is 0. The van der Waals surface area contributed by atoms with Crippen LogP contribution in [0.15, 0.2) is 48.5 Å². The summed E-state index contributed by atoms with van der Waals surface area (Å²) in [6.07, 6.45) is 0.0366. The highest BCUT2D eigenvalue weighted by Gasteiger charge is 2.22. The molecule has 2 aromatic rings. The van der Waals surface area contributed by atoms with Crippen LogP contribution in [-0.4, -0.2) is 56.6 Å². The molecule has 1 heterocycles. The van der Waals surface area contributed by atoms with E-state index in [1.165, 1.54) is 0 Å². The average Bonchev–Trinajstić information content (AvgIpc) is 2.67. The van der Waals surface area contributed by atoms with Gasteiger partial charge in [0.2, 0.25) is 0 Å². The van der Waals surface area contributed by atoms with Crippen molar-refractivity contribution in [1.29, 1.82) is 0 Å². The van der Waals surface area contributed by atoms with E-state index in [0.29, 0.717) is 36.5 Å². The number of morpholine rings is 1. The van der Waals surface area contributed by atoms with Gasteiger partial charge < -0.3 is 19.9 Å². The summed E-state index contributed by atoms with van der Waals surface area (Å²) in [6.45, 7) is 3.66. The van der Waals surface area contributed by atoms with Crippen molar-refractivity contribution in [2.75, 3.05) is 44.0 Å². The highest BCUT2D eigenvalue weighted by Crippen LogP contribution is 2.18. The number of carbonyl (C=O) groups excluding carboxylic acids is 2. The molecule has 1 aliphatic rings. The summed E-state index contributed by atoms with van der Waals surface area (Å²) in [6, 6.07) is 14.4. The quantitative estimate of drug-likeness (QED) is 0.903. The first-order valence-corrected chi connectivity index (χ1v) is 9.04. The van der Waals surface area contributed by atoms with Crippen LogP contribution in [0.5, 0.6) is 0 Å². The van der Waals surface area contributed by atoms with Crippen LogP contribution in [0.3, 0.4) is 0 Å². The molecule has 0 aromatic heterocycles. The standard InChI is InChI=1S/C21H25N3O3/c1-15-14-24(10-11-27-15)21(26)17-7-4-8-18(12-17)22-20(25)16-6-5-9-19(13-16)23(2)3/h4-9,12-13,15H,10-11,14H2,1-3H3,(H,22,25). The highest BCUT2D eigenvalue weighted by atomic mass is 16.5. The molecular weight excluding hydrogens is 342 g/mol. The summed E-state index contributed by atoms with van der Waals surface area (Å²) in [7, 11) is 3.86. The van der Waals surface area contributed by atoms with E-state index in [2.05, 4.69) is 5.32 Å². The van der Waals surface area contributed by atoms with Gasteiger partial charge in [0.05, 0.1) is 12.7 Å². The maximum absolute atomic E-state index is 12.7. The van der Waals surface area contributed by atoms with E-state index < -0.39 is 0 Å². The predicted octanol–water partition coefficient (Wildman–Crippen LogP) is 2.87. The monoisotopic (exact) mass is 367 g/mol. The number of benzene rings is 2. The fourth-order valence-corrected chi connectivity index (χ4v) is 3.04. The topological polar surface area (TPSA) is 61.9 Å². The van der Waals surface area contributed by atoms with Crippen LogP contribution in [0.25, 0.3) is 0 Å². The lowest BCUT2D eigenvalue weighted by Gasteiger charge is -2.31. The molecule has 1 N–H and O–H groups in total. The minimum Gasteiger partial charge on any atom is -0.378 e. The molecule has 142 valence electrons. The van der Waals surface area contributed by atoms with Gasteiger partial charge in [0.1, 0.15) is 0 Å². The predicted molar refractivity (Wildman–Crippen MR) is 106 cm³/mol. The Morgan fingerprint density at radius 2 is 1.85 bits per heavy atom. The summed E-state index contributed by atoms with van der Waals surface area (Å²) in [4.78, 5) is 29.0. The summed E-state index contributed by atoms with van der Waals surface area (Å²) in [5.41, 5.74) is 2.68. The van der Waals surface area contributed by atoms with Gasteiger partial charge in [-0.3, -0.25) is 9.59 Å². The molecular formula is C21H25N3O3. The third kappa shape index (κ3) is 4.65. The summed E-state index contributed by atoms with van der Waals surface area (Å²) in [5.74, 6) is -0.251. The molecule has 27 heavy (non-hydrogen) atoms. The minimum absolute atomic E-state index is 0.0366. The van der Waals surface area contributed by atoms with Gasteiger partial charge in [0.15, 0.2) is 0 Å². The zero-order valence-electron chi connectivity index (χ0n) is 15.9. The number of hydrogen-bond acceptors (Lipinski definition) is 4. The number of nitrogens with zero attached hydrogens (tertiary/aromatic N) is 2. The van der Waals surface area contributed by atoms with E-state index in [1.54, 1.807) is 35.2 Å². The van der Waals surface area contributed by atoms with Crippen molar-refractivity contribution < 1.29 is 14.3 Å². The van der Waals surface area contributed by atoms with Gasteiger partial charge in [-0.05, 0) is 43.3 Å². The van der Waals surface area contributed by atoms with Crippen molar-refractivity contribution in [1.82, 2.24) is 4.90 Å². The number of amides is 2. The molecule has 1 saturated heterocycles. The third-order valence-corrected chi connectivity index (χ3v) is 4.52. The Hall–Kier alpha value is -2.86. The fraction of sp³-hybridized carbons (Fsp3) is 0.333. The van der Waals surface area contributed by atoms with Crippen molar-refractivity contribution in [2.24, 2.45) is 0 Å². The van der Waals surface area contributed by atoms with E-state index in [9.17, 15) is 9.59 Å². The van der Waals surface area contributed by atoms with Gasteiger partial charge in [0.25, 0.3) is 11.8 Å². The van der Waals surface area contributed by atoms with Crippen molar-refractivity contribution in [2.45, 2.75) is 13.0 Å². The Balaban J connectivity index is 1.73. The van der Waals surface area contributed by atoms with Gasteiger partial charge in [-0.15, -0.1) is 0 Å². The molecule has 1 atom stereocenters. The Labute approximate surface area is 159 Å². The Kier molecular flexibility index (Phi) is 5.76. The molecule has 2 aromatic carbocycles. The normalized spacial score (nSPS) is 16.7. The average molecular weight is 367 g/mol. The molecule has 3 rings (SSSR count). The van der Waals surface area contributed by atoms with E-state index in [-0.39, 0.29) is 17.9 Å². The van der Waals surface area contributed by atoms with Gasteiger partial charge >= 0.3 is 0 Å². The number of rotatable bonds is 4. The Bertz CT molecular complexity index is 835. The minimum atomic E-state index is -0.205.